The molecule has 0 fully saturated rings. The van der Waals surface area contributed by atoms with Crippen LogP contribution in [0.15, 0.2) is 53.4 Å². The van der Waals surface area contributed by atoms with E-state index in [9.17, 15) is 8.42 Å². The number of nitrogens with zero attached hydrogens (tertiary/aromatic N) is 1. The van der Waals surface area contributed by atoms with Gasteiger partial charge in [-0.2, -0.15) is 0 Å². The summed E-state index contributed by atoms with van der Waals surface area (Å²) in [5, 5.41) is 5.15. The lowest BCUT2D eigenvalue weighted by Gasteiger charge is -2.10. The van der Waals surface area contributed by atoms with E-state index in [0.29, 0.717) is 0 Å². The van der Waals surface area contributed by atoms with Crippen molar-refractivity contribution in [3.63, 3.8) is 0 Å². The molecule has 2 aromatic carbocycles. The van der Waals surface area contributed by atoms with Crippen LogP contribution in [0.2, 0.25) is 0 Å². The molecule has 0 heterocycles. The first kappa shape index (κ1) is 14.7. The molecule has 2 aromatic rings. The van der Waals surface area contributed by atoms with Crippen LogP contribution in [0.5, 0.6) is 0 Å². The molecule has 0 aliphatic rings. The summed E-state index contributed by atoms with van der Waals surface area (Å²) < 4.78 is 22.7. The topological polar surface area (TPSA) is 63.4 Å². The maximum atomic E-state index is 11.4. The van der Waals surface area contributed by atoms with Gasteiger partial charge in [0, 0.05) is 6.54 Å². The molecule has 0 aromatic heterocycles. The van der Waals surface area contributed by atoms with Gasteiger partial charge in [-0.05, 0) is 42.9 Å². The molecule has 0 spiro atoms. The van der Waals surface area contributed by atoms with Crippen molar-refractivity contribution in [2.75, 3.05) is 14.1 Å². The molecule has 0 unspecified atom stereocenters. The summed E-state index contributed by atoms with van der Waals surface area (Å²) in [4.78, 5) is 2.23. The Hall–Kier alpha value is -1.69. The number of benzene rings is 2. The fourth-order valence-corrected chi connectivity index (χ4v) is 2.58. The lowest BCUT2D eigenvalue weighted by Crippen LogP contribution is -2.12. The Bertz CT molecular complexity index is 692. The second kappa shape index (κ2) is 5.75. The molecule has 106 valence electrons. The molecular formula is C15H18N2O2S. The van der Waals surface area contributed by atoms with Gasteiger partial charge in [0.1, 0.15) is 0 Å². The largest absolute Gasteiger partial charge is 0.305 e. The van der Waals surface area contributed by atoms with E-state index in [-0.39, 0.29) is 4.90 Å². The Labute approximate surface area is 119 Å². The highest BCUT2D eigenvalue weighted by atomic mass is 32.2. The predicted molar refractivity (Wildman–Crippen MR) is 80.6 cm³/mol. The zero-order chi connectivity index (χ0) is 14.8. The van der Waals surface area contributed by atoms with Crippen LogP contribution in [0.4, 0.5) is 0 Å². The minimum Gasteiger partial charge on any atom is -0.305 e. The number of hydrogen-bond donors (Lipinski definition) is 1. The van der Waals surface area contributed by atoms with Crippen molar-refractivity contribution in [2.24, 2.45) is 5.14 Å². The summed E-state index contributed by atoms with van der Waals surface area (Å²) in [6.07, 6.45) is 0. The van der Waals surface area contributed by atoms with Crippen LogP contribution in [0.3, 0.4) is 0 Å². The molecule has 2 N–H and O–H groups in total. The summed E-state index contributed by atoms with van der Waals surface area (Å²) in [5.41, 5.74) is 3.02. The minimum atomic E-state index is -3.66. The van der Waals surface area contributed by atoms with Crippen molar-refractivity contribution in [2.45, 2.75) is 11.4 Å². The first-order valence-corrected chi connectivity index (χ1v) is 7.78. The summed E-state index contributed by atoms with van der Waals surface area (Å²) in [7, 11) is 0.371. The summed E-state index contributed by atoms with van der Waals surface area (Å²) in [5.74, 6) is 0. The number of rotatable bonds is 4. The third-order valence-electron chi connectivity index (χ3n) is 2.95. The molecule has 0 atom stereocenters. The van der Waals surface area contributed by atoms with Crippen molar-refractivity contribution in [3.8, 4) is 11.1 Å². The lowest BCUT2D eigenvalue weighted by molar-refractivity contribution is 0.402. The van der Waals surface area contributed by atoms with Crippen molar-refractivity contribution in [1.82, 2.24) is 4.90 Å². The first-order valence-electron chi connectivity index (χ1n) is 6.23. The van der Waals surface area contributed by atoms with Gasteiger partial charge in [0.2, 0.25) is 10.0 Å². The van der Waals surface area contributed by atoms with Gasteiger partial charge in [-0.25, -0.2) is 13.6 Å². The van der Waals surface area contributed by atoms with Crippen LogP contribution in [-0.2, 0) is 16.6 Å². The van der Waals surface area contributed by atoms with Gasteiger partial charge in [-0.1, -0.05) is 36.4 Å². The molecule has 0 bridgehead atoms. The summed E-state index contributed by atoms with van der Waals surface area (Å²) >= 11 is 0. The molecule has 2 rings (SSSR count). The second-order valence-corrected chi connectivity index (χ2v) is 6.57. The van der Waals surface area contributed by atoms with Crippen LogP contribution in [0.25, 0.3) is 11.1 Å². The third kappa shape index (κ3) is 3.66. The van der Waals surface area contributed by atoms with Crippen molar-refractivity contribution >= 4 is 10.0 Å². The summed E-state index contributed by atoms with van der Waals surface area (Å²) in [6, 6.07) is 14.7. The van der Waals surface area contributed by atoms with E-state index in [1.807, 2.05) is 44.4 Å². The molecule has 0 aliphatic heterocycles. The monoisotopic (exact) mass is 290 g/mol. The lowest BCUT2D eigenvalue weighted by atomic mass is 10.0. The maximum absolute atomic E-state index is 11.4. The number of primary sulfonamides is 1. The van der Waals surface area contributed by atoms with Crippen molar-refractivity contribution < 1.29 is 8.42 Å². The molecule has 0 radical (unpaired) electrons. The van der Waals surface area contributed by atoms with Crippen LogP contribution < -0.4 is 5.14 Å². The standard InChI is InChI=1S/C15H18N2O2S/c1-17(2)11-12-6-8-13(9-7-12)14-4-3-5-15(10-14)20(16,18)19/h3-10H,11H2,1-2H3,(H2,16,18,19). The van der Waals surface area contributed by atoms with Crippen molar-refractivity contribution in [1.29, 1.82) is 0 Å². The number of sulfonamides is 1. The zero-order valence-electron chi connectivity index (χ0n) is 11.6. The first-order chi connectivity index (χ1) is 9.36. The van der Waals surface area contributed by atoms with Gasteiger partial charge in [0.05, 0.1) is 4.90 Å². The number of nitrogens with two attached hydrogens (primary N) is 1. The smallest absolute Gasteiger partial charge is 0.238 e. The third-order valence-corrected chi connectivity index (χ3v) is 3.86. The van der Waals surface area contributed by atoms with E-state index in [0.717, 1.165) is 17.7 Å². The minimum absolute atomic E-state index is 0.132. The Morgan fingerprint density at radius 3 is 2.20 bits per heavy atom. The Morgan fingerprint density at radius 1 is 1.00 bits per heavy atom. The van der Waals surface area contributed by atoms with Crippen LogP contribution in [0.1, 0.15) is 5.56 Å². The molecule has 5 heteroatoms. The van der Waals surface area contributed by atoms with E-state index >= 15 is 0 Å². The van der Waals surface area contributed by atoms with E-state index in [4.69, 9.17) is 5.14 Å². The Balaban J connectivity index is 2.32. The average Bonchev–Trinajstić information content (AvgIpc) is 2.38. The molecule has 0 aliphatic carbocycles. The van der Waals surface area contributed by atoms with E-state index in [1.165, 1.54) is 11.6 Å². The molecule has 0 saturated heterocycles. The average molecular weight is 290 g/mol. The SMILES string of the molecule is CN(C)Cc1ccc(-c2cccc(S(N)(=O)=O)c2)cc1. The summed E-state index contributed by atoms with van der Waals surface area (Å²) in [6.45, 7) is 0.873. The maximum Gasteiger partial charge on any atom is 0.238 e. The normalized spacial score (nSPS) is 11.8. The fraction of sp³-hybridized carbons (Fsp3) is 0.200. The van der Waals surface area contributed by atoms with Gasteiger partial charge in [0.25, 0.3) is 0 Å². The Morgan fingerprint density at radius 2 is 1.65 bits per heavy atom. The van der Waals surface area contributed by atoms with Crippen LogP contribution in [-0.4, -0.2) is 27.4 Å². The van der Waals surface area contributed by atoms with Gasteiger partial charge in [-0.3, -0.25) is 0 Å². The van der Waals surface area contributed by atoms with Gasteiger partial charge in [0.15, 0.2) is 0 Å². The zero-order valence-corrected chi connectivity index (χ0v) is 12.4. The van der Waals surface area contributed by atoms with Gasteiger partial charge < -0.3 is 4.90 Å². The molecule has 0 amide bonds. The Kier molecular flexibility index (Phi) is 4.23. The van der Waals surface area contributed by atoms with E-state index in [1.54, 1.807) is 12.1 Å². The quantitative estimate of drug-likeness (QED) is 0.937. The van der Waals surface area contributed by atoms with Crippen LogP contribution in [0, 0.1) is 0 Å². The predicted octanol–water partition coefficient (Wildman–Crippen LogP) is 2.06. The molecular weight excluding hydrogens is 272 g/mol. The van der Waals surface area contributed by atoms with Gasteiger partial charge >= 0.3 is 0 Å². The van der Waals surface area contributed by atoms with Crippen molar-refractivity contribution in [3.05, 3.63) is 54.1 Å². The van der Waals surface area contributed by atoms with E-state index in [2.05, 4.69) is 4.90 Å². The number of hydrogen-bond acceptors (Lipinski definition) is 3. The highest BCUT2D eigenvalue weighted by molar-refractivity contribution is 7.89. The van der Waals surface area contributed by atoms with Crippen LogP contribution >= 0.6 is 0 Å². The fourth-order valence-electron chi connectivity index (χ4n) is 2.02. The highest BCUT2D eigenvalue weighted by Gasteiger charge is 2.08. The van der Waals surface area contributed by atoms with Gasteiger partial charge in [-0.15, -0.1) is 0 Å². The highest BCUT2D eigenvalue weighted by Crippen LogP contribution is 2.22. The molecule has 0 saturated carbocycles. The second-order valence-electron chi connectivity index (χ2n) is 5.01. The molecule has 20 heavy (non-hydrogen) atoms. The molecule has 4 nitrogen and oxygen atoms in total. The van der Waals surface area contributed by atoms with E-state index < -0.39 is 10.0 Å².